The summed E-state index contributed by atoms with van der Waals surface area (Å²) in [5.41, 5.74) is 3.41. The molecule has 2 rings (SSSR count). The summed E-state index contributed by atoms with van der Waals surface area (Å²) >= 11 is 11.3. The Labute approximate surface area is 136 Å². The smallest absolute Gasteiger partial charge is 0.171 e. The van der Waals surface area contributed by atoms with Crippen molar-refractivity contribution in [3.05, 3.63) is 64.7 Å². The van der Waals surface area contributed by atoms with Gasteiger partial charge in [0.05, 0.1) is 0 Å². The SMILES string of the molecule is CC(C)c1ccc(NC(=S)NCc2cccc(Cl)c2)cc1. The summed E-state index contributed by atoms with van der Waals surface area (Å²) in [7, 11) is 0. The van der Waals surface area contributed by atoms with E-state index in [4.69, 9.17) is 23.8 Å². The molecule has 0 amide bonds. The molecule has 0 saturated carbocycles. The third kappa shape index (κ3) is 5.03. The highest BCUT2D eigenvalue weighted by Crippen LogP contribution is 2.17. The molecular weight excluding hydrogens is 300 g/mol. The molecule has 2 N–H and O–H groups in total. The van der Waals surface area contributed by atoms with Gasteiger partial charge in [0.1, 0.15) is 0 Å². The number of benzene rings is 2. The highest BCUT2D eigenvalue weighted by molar-refractivity contribution is 7.80. The van der Waals surface area contributed by atoms with Crippen LogP contribution in [0.5, 0.6) is 0 Å². The summed E-state index contributed by atoms with van der Waals surface area (Å²) in [6.45, 7) is 5.01. The van der Waals surface area contributed by atoms with Crippen LogP contribution in [0.2, 0.25) is 5.02 Å². The number of hydrogen-bond acceptors (Lipinski definition) is 1. The molecule has 0 aliphatic carbocycles. The van der Waals surface area contributed by atoms with Crippen molar-refractivity contribution in [2.45, 2.75) is 26.3 Å². The Balaban J connectivity index is 1.87. The lowest BCUT2D eigenvalue weighted by Crippen LogP contribution is -2.27. The summed E-state index contributed by atoms with van der Waals surface area (Å²) in [4.78, 5) is 0. The topological polar surface area (TPSA) is 24.1 Å². The van der Waals surface area contributed by atoms with Crippen molar-refractivity contribution in [3.8, 4) is 0 Å². The Morgan fingerprint density at radius 2 is 1.86 bits per heavy atom. The van der Waals surface area contributed by atoms with E-state index in [0.29, 0.717) is 17.6 Å². The Hall–Kier alpha value is -1.58. The molecule has 0 aliphatic heterocycles. The summed E-state index contributed by atoms with van der Waals surface area (Å²) in [6, 6.07) is 16.1. The van der Waals surface area contributed by atoms with Crippen LogP contribution in [-0.2, 0) is 6.54 Å². The molecule has 0 bridgehead atoms. The highest BCUT2D eigenvalue weighted by Gasteiger charge is 2.01. The standard InChI is InChI=1S/C17H19ClN2S/c1-12(2)14-6-8-16(9-7-14)20-17(21)19-11-13-4-3-5-15(18)10-13/h3-10,12H,11H2,1-2H3,(H2,19,20,21). The number of rotatable bonds is 4. The fourth-order valence-electron chi connectivity index (χ4n) is 1.96. The van der Waals surface area contributed by atoms with E-state index in [9.17, 15) is 0 Å². The molecule has 0 unspecified atom stereocenters. The van der Waals surface area contributed by atoms with Crippen LogP contribution in [0.1, 0.15) is 30.9 Å². The van der Waals surface area contributed by atoms with Crippen molar-refractivity contribution in [2.24, 2.45) is 0 Å². The van der Waals surface area contributed by atoms with Crippen LogP contribution >= 0.6 is 23.8 Å². The zero-order valence-corrected chi connectivity index (χ0v) is 13.8. The van der Waals surface area contributed by atoms with Gasteiger partial charge in [-0.05, 0) is 53.5 Å². The molecule has 0 radical (unpaired) electrons. The normalized spacial score (nSPS) is 10.5. The fourth-order valence-corrected chi connectivity index (χ4v) is 2.36. The minimum atomic E-state index is 0.534. The molecule has 0 aromatic heterocycles. The van der Waals surface area contributed by atoms with E-state index in [-0.39, 0.29) is 0 Å². The van der Waals surface area contributed by atoms with Crippen LogP contribution in [0.3, 0.4) is 0 Å². The second-order valence-electron chi connectivity index (χ2n) is 5.21. The summed E-state index contributed by atoms with van der Waals surface area (Å²) in [6.07, 6.45) is 0. The predicted octanol–water partition coefficient (Wildman–Crippen LogP) is 4.95. The maximum atomic E-state index is 5.95. The van der Waals surface area contributed by atoms with Crippen LogP contribution in [-0.4, -0.2) is 5.11 Å². The Kier molecular flexibility index (Phi) is 5.59. The average molecular weight is 319 g/mol. The molecule has 2 aromatic carbocycles. The lowest BCUT2D eigenvalue weighted by atomic mass is 10.0. The fraction of sp³-hybridized carbons (Fsp3) is 0.235. The molecule has 0 spiro atoms. The Morgan fingerprint density at radius 1 is 1.14 bits per heavy atom. The van der Waals surface area contributed by atoms with Crippen molar-refractivity contribution < 1.29 is 0 Å². The summed E-state index contributed by atoms with van der Waals surface area (Å²) in [5.74, 6) is 0.534. The average Bonchev–Trinajstić information content (AvgIpc) is 2.46. The van der Waals surface area contributed by atoms with Crippen LogP contribution < -0.4 is 10.6 Å². The van der Waals surface area contributed by atoms with Crippen molar-refractivity contribution >= 4 is 34.6 Å². The minimum absolute atomic E-state index is 0.534. The van der Waals surface area contributed by atoms with Crippen molar-refractivity contribution in [2.75, 3.05) is 5.32 Å². The van der Waals surface area contributed by atoms with Crippen LogP contribution in [0.15, 0.2) is 48.5 Å². The van der Waals surface area contributed by atoms with Gasteiger partial charge < -0.3 is 10.6 Å². The van der Waals surface area contributed by atoms with Gasteiger partial charge in [-0.15, -0.1) is 0 Å². The molecule has 0 saturated heterocycles. The zero-order valence-electron chi connectivity index (χ0n) is 12.2. The van der Waals surface area contributed by atoms with Gasteiger partial charge in [0.2, 0.25) is 0 Å². The molecule has 110 valence electrons. The maximum Gasteiger partial charge on any atom is 0.171 e. The molecule has 0 heterocycles. The molecule has 4 heteroatoms. The number of thiocarbonyl (C=S) groups is 1. The van der Waals surface area contributed by atoms with E-state index in [1.807, 2.05) is 36.4 Å². The monoisotopic (exact) mass is 318 g/mol. The predicted molar refractivity (Wildman–Crippen MR) is 95.0 cm³/mol. The van der Waals surface area contributed by atoms with Gasteiger partial charge in [-0.25, -0.2) is 0 Å². The molecule has 21 heavy (non-hydrogen) atoms. The third-order valence-corrected chi connectivity index (χ3v) is 3.66. The lowest BCUT2D eigenvalue weighted by Gasteiger charge is -2.12. The van der Waals surface area contributed by atoms with Gasteiger partial charge in [-0.3, -0.25) is 0 Å². The van der Waals surface area contributed by atoms with Crippen LogP contribution in [0, 0.1) is 0 Å². The van der Waals surface area contributed by atoms with E-state index < -0.39 is 0 Å². The molecule has 0 atom stereocenters. The van der Waals surface area contributed by atoms with Gasteiger partial charge in [0, 0.05) is 17.3 Å². The Bertz CT molecular complexity index is 608. The Morgan fingerprint density at radius 3 is 2.48 bits per heavy atom. The summed E-state index contributed by atoms with van der Waals surface area (Å²) in [5, 5.41) is 7.69. The third-order valence-electron chi connectivity index (χ3n) is 3.18. The molecule has 0 aliphatic rings. The van der Waals surface area contributed by atoms with Gasteiger partial charge in [0.25, 0.3) is 0 Å². The first kappa shape index (κ1) is 15.8. The van der Waals surface area contributed by atoms with Gasteiger partial charge in [-0.1, -0.05) is 49.7 Å². The first-order chi connectivity index (χ1) is 10.0. The van der Waals surface area contributed by atoms with Crippen molar-refractivity contribution in [1.82, 2.24) is 5.32 Å². The van der Waals surface area contributed by atoms with Gasteiger partial charge >= 0.3 is 0 Å². The highest BCUT2D eigenvalue weighted by atomic mass is 35.5. The zero-order chi connectivity index (χ0) is 15.2. The van der Waals surface area contributed by atoms with E-state index in [0.717, 1.165) is 16.3 Å². The largest absolute Gasteiger partial charge is 0.358 e. The molecule has 2 aromatic rings. The minimum Gasteiger partial charge on any atom is -0.358 e. The maximum absolute atomic E-state index is 5.95. The lowest BCUT2D eigenvalue weighted by molar-refractivity contribution is 0.867. The summed E-state index contributed by atoms with van der Waals surface area (Å²) < 4.78 is 0. The van der Waals surface area contributed by atoms with E-state index in [1.165, 1.54) is 5.56 Å². The number of anilines is 1. The number of halogens is 1. The number of nitrogens with one attached hydrogen (secondary N) is 2. The van der Waals surface area contributed by atoms with Crippen LogP contribution in [0.4, 0.5) is 5.69 Å². The second kappa shape index (κ2) is 7.43. The van der Waals surface area contributed by atoms with Gasteiger partial charge in [-0.2, -0.15) is 0 Å². The molecular formula is C17H19ClN2S. The number of hydrogen-bond donors (Lipinski definition) is 2. The van der Waals surface area contributed by atoms with Gasteiger partial charge in [0.15, 0.2) is 5.11 Å². The van der Waals surface area contributed by atoms with Crippen molar-refractivity contribution in [3.63, 3.8) is 0 Å². The quantitative estimate of drug-likeness (QED) is 0.780. The van der Waals surface area contributed by atoms with E-state index >= 15 is 0 Å². The van der Waals surface area contributed by atoms with Crippen molar-refractivity contribution in [1.29, 1.82) is 0 Å². The first-order valence-corrected chi connectivity index (χ1v) is 7.72. The van der Waals surface area contributed by atoms with E-state index in [2.05, 4.69) is 36.6 Å². The van der Waals surface area contributed by atoms with E-state index in [1.54, 1.807) is 0 Å². The molecule has 2 nitrogen and oxygen atoms in total. The second-order valence-corrected chi connectivity index (χ2v) is 6.06. The molecule has 0 fully saturated rings. The van der Waals surface area contributed by atoms with Crippen LogP contribution in [0.25, 0.3) is 0 Å². The first-order valence-electron chi connectivity index (χ1n) is 6.94.